The fourth-order valence-electron chi connectivity index (χ4n) is 1.97. The molecule has 20 heavy (non-hydrogen) atoms. The van der Waals surface area contributed by atoms with Crippen LogP contribution in [0.3, 0.4) is 0 Å². The van der Waals surface area contributed by atoms with Gasteiger partial charge < -0.3 is 5.32 Å². The molecule has 0 aliphatic rings. The highest BCUT2D eigenvalue weighted by Crippen LogP contribution is 2.16. The van der Waals surface area contributed by atoms with Crippen LogP contribution in [0.5, 0.6) is 0 Å². The van der Waals surface area contributed by atoms with Gasteiger partial charge in [0.05, 0.1) is 4.90 Å². The summed E-state index contributed by atoms with van der Waals surface area (Å²) in [6.45, 7) is 8.90. The fourth-order valence-corrected chi connectivity index (χ4v) is 3.22. The Kier molecular flexibility index (Phi) is 6.49. The third kappa shape index (κ3) is 5.13. The van der Waals surface area contributed by atoms with Crippen LogP contribution in [-0.4, -0.2) is 21.0 Å². The van der Waals surface area contributed by atoms with Gasteiger partial charge in [0.1, 0.15) is 0 Å². The van der Waals surface area contributed by atoms with Gasteiger partial charge in [-0.3, -0.25) is 0 Å². The van der Waals surface area contributed by atoms with Crippen LogP contribution >= 0.6 is 0 Å². The lowest BCUT2D eigenvalue weighted by Gasteiger charge is -2.15. The van der Waals surface area contributed by atoms with Gasteiger partial charge in [0.2, 0.25) is 10.0 Å². The summed E-state index contributed by atoms with van der Waals surface area (Å²) >= 11 is 0. The average Bonchev–Trinajstić information content (AvgIpc) is 2.39. The SMILES string of the molecule is CCC(CC)CNc1ccc(S(=O)(=O)NC(C)C)cc1. The molecule has 0 saturated carbocycles. The number of rotatable bonds is 8. The van der Waals surface area contributed by atoms with E-state index in [0.29, 0.717) is 10.8 Å². The molecule has 0 amide bonds. The maximum absolute atomic E-state index is 12.0. The molecular weight excluding hydrogens is 272 g/mol. The molecule has 114 valence electrons. The number of benzene rings is 1. The van der Waals surface area contributed by atoms with Crippen molar-refractivity contribution in [2.45, 2.75) is 51.5 Å². The minimum Gasteiger partial charge on any atom is -0.385 e. The maximum atomic E-state index is 12.0. The molecule has 1 aromatic rings. The van der Waals surface area contributed by atoms with Crippen LogP contribution < -0.4 is 10.0 Å². The molecular formula is C15H26N2O2S. The molecule has 0 unspecified atom stereocenters. The monoisotopic (exact) mass is 298 g/mol. The van der Waals surface area contributed by atoms with Gasteiger partial charge in [-0.1, -0.05) is 26.7 Å². The Labute approximate surface area is 123 Å². The number of sulfonamides is 1. The Morgan fingerprint density at radius 2 is 1.60 bits per heavy atom. The summed E-state index contributed by atoms with van der Waals surface area (Å²) in [6, 6.07) is 6.81. The van der Waals surface area contributed by atoms with E-state index >= 15 is 0 Å². The molecule has 0 atom stereocenters. The average molecular weight is 298 g/mol. The zero-order valence-corrected chi connectivity index (χ0v) is 13.6. The van der Waals surface area contributed by atoms with Crippen LogP contribution in [0.2, 0.25) is 0 Å². The van der Waals surface area contributed by atoms with Gasteiger partial charge in [0.15, 0.2) is 0 Å². The van der Waals surface area contributed by atoms with Crippen molar-refractivity contribution in [1.82, 2.24) is 4.72 Å². The summed E-state index contributed by atoms with van der Waals surface area (Å²) in [4.78, 5) is 0.305. The van der Waals surface area contributed by atoms with E-state index in [2.05, 4.69) is 23.9 Å². The highest BCUT2D eigenvalue weighted by molar-refractivity contribution is 7.89. The molecule has 0 aliphatic carbocycles. The van der Waals surface area contributed by atoms with Crippen LogP contribution in [-0.2, 0) is 10.0 Å². The third-order valence-corrected chi connectivity index (χ3v) is 4.98. The second kappa shape index (κ2) is 7.64. The van der Waals surface area contributed by atoms with Crippen molar-refractivity contribution < 1.29 is 8.42 Å². The normalized spacial score (nSPS) is 12.1. The quantitative estimate of drug-likeness (QED) is 0.774. The summed E-state index contributed by atoms with van der Waals surface area (Å²) in [6.07, 6.45) is 2.29. The molecule has 0 bridgehead atoms. The van der Waals surface area contributed by atoms with Gasteiger partial charge in [-0.05, 0) is 44.0 Å². The van der Waals surface area contributed by atoms with E-state index < -0.39 is 10.0 Å². The molecule has 0 aliphatic heterocycles. The number of anilines is 1. The van der Waals surface area contributed by atoms with E-state index in [1.165, 1.54) is 0 Å². The number of nitrogens with one attached hydrogen (secondary N) is 2. The first-order valence-corrected chi connectivity index (χ1v) is 8.73. The Hall–Kier alpha value is -1.07. The lowest BCUT2D eigenvalue weighted by atomic mass is 10.0. The van der Waals surface area contributed by atoms with E-state index in [-0.39, 0.29) is 6.04 Å². The molecule has 1 rings (SSSR count). The standard InChI is InChI=1S/C15H26N2O2S/c1-5-13(6-2)11-16-14-7-9-15(10-8-14)20(18,19)17-12(3)4/h7-10,12-13,16-17H,5-6,11H2,1-4H3. The van der Waals surface area contributed by atoms with Crippen LogP contribution in [0.4, 0.5) is 5.69 Å². The summed E-state index contributed by atoms with van der Waals surface area (Å²) < 4.78 is 26.5. The van der Waals surface area contributed by atoms with Crippen molar-refractivity contribution in [3.63, 3.8) is 0 Å². The first-order valence-electron chi connectivity index (χ1n) is 7.25. The molecule has 4 nitrogen and oxygen atoms in total. The highest BCUT2D eigenvalue weighted by atomic mass is 32.2. The second-order valence-electron chi connectivity index (χ2n) is 5.36. The minimum atomic E-state index is -3.39. The lowest BCUT2D eigenvalue weighted by Crippen LogP contribution is -2.30. The van der Waals surface area contributed by atoms with Crippen molar-refractivity contribution in [2.75, 3.05) is 11.9 Å². The molecule has 0 radical (unpaired) electrons. The maximum Gasteiger partial charge on any atom is 0.240 e. The summed E-state index contributed by atoms with van der Waals surface area (Å²) in [5.41, 5.74) is 0.959. The van der Waals surface area contributed by atoms with Crippen molar-refractivity contribution >= 4 is 15.7 Å². The second-order valence-corrected chi connectivity index (χ2v) is 7.08. The molecule has 0 heterocycles. The molecule has 5 heteroatoms. The van der Waals surface area contributed by atoms with Gasteiger partial charge in [0, 0.05) is 18.3 Å². The smallest absolute Gasteiger partial charge is 0.240 e. The zero-order valence-electron chi connectivity index (χ0n) is 12.8. The first kappa shape index (κ1) is 17.0. The van der Waals surface area contributed by atoms with Crippen LogP contribution in [0.1, 0.15) is 40.5 Å². The van der Waals surface area contributed by atoms with Crippen molar-refractivity contribution in [1.29, 1.82) is 0 Å². The van der Waals surface area contributed by atoms with Gasteiger partial charge in [-0.2, -0.15) is 0 Å². The Morgan fingerprint density at radius 3 is 2.05 bits per heavy atom. The van der Waals surface area contributed by atoms with E-state index in [1.54, 1.807) is 12.1 Å². The first-order chi connectivity index (χ1) is 9.39. The van der Waals surface area contributed by atoms with Gasteiger partial charge in [-0.15, -0.1) is 0 Å². The van der Waals surface area contributed by atoms with E-state index in [9.17, 15) is 8.42 Å². The largest absolute Gasteiger partial charge is 0.385 e. The van der Waals surface area contributed by atoms with Gasteiger partial charge in [0.25, 0.3) is 0 Å². The van der Waals surface area contributed by atoms with Crippen LogP contribution in [0.15, 0.2) is 29.2 Å². The Balaban J connectivity index is 2.69. The Bertz CT molecular complexity index is 491. The van der Waals surface area contributed by atoms with Gasteiger partial charge in [-0.25, -0.2) is 13.1 Å². The molecule has 0 fully saturated rings. The predicted octanol–water partition coefficient (Wildman–Crippen LogP) is 3.22. The molecule has 0 spiro atoms. The van der Waals surface area contributed by atoms with E-state index in [1.807, 2.05) is 26.0 Å². The van der Waals surface area contributed by atoms with Crippen LogP contribution in [0.25, 0.3) is 0 Å². The van der Waals surface area contributed by atoms with Crippen molar-refractivity contribution in [2.24, 2.45) is 5.92 Å². The fraction of sp³-hybridized carbons (Fsp3) is 0.600. The molecule has 1 aromatic carbocycles. The topological polar surface area (TPSA) is 58.2 Å². The summed E-state index contributed by atoms with van der Waals surface area (Å²) in [5, 5.41) is 3.35. The number of hydrogen-bond acceptors (Lipinski definition) is 3. The summed E-state index contributed by atoms with van der Waals surface area (Å²) in [5.74, 6) is 0.654. The molecule has 0 saturated heterocycles. The lowest BCUT2D eigenvalue weighted by molar-refractivity contribution is 0.519. The van der Waals surface area contributed by atoms with Crippen molar-refractivity contribution in [3.05, 3.63) is 24.3 Å². The van der Waals surface area contributed by atoms with E-state index in [0.717, 1.165) is 25.1 Å². The third-order valence-electron chi connectivity index (χ3n) is 3.31. The predicted molar refractivity (Wildman–Crippen MR) is 84.5 cm³/mol. The minimum absolute atomic E-state index is 0.104. The van der Waals surface area contributed by atoms with E-state index in [4.69, 9.17) is 0 Å². The van der Waals surface area contributed by atoms with Crippen molar-refractivity contribution in [3.8, 4) is 0 Å². The van der Waals surface area contributed by atoms with Gasteiger partial charge >= 0.3 is 0 Å². The Morgan fingerprint density at radius 1 is 1.05 bits per heavy atom. The zero-order chi connectivity index (χ0) is 15.2. The highest BCUT2D eigenvalue weighted by Gasteiger charge is 2.14. The van der Waals surface area contributed by atoms with Crippen LogP contribution in [0, 0.1) is 5.92 Å². The molecule has 0 aromatic heterocycles. The molecule has 2 N–H and O–H groups in total. The summed E-state index contributed by atoms with van der Waals surface area (Å²) in [7, 11) is -3.39. The number of hydrogen-bond donors (Lipinski definition) is 2.